The van der Waals surface area contributed by atoms with Gasteiger partial charge >= 0.3 is 0 Å². The molecular weight excluding hydrogens is 222 g/mol. The molecule has 0 spiro atoms. The molecule has 0 amide bonds. The van der Waals surface area contributed by atoms with Crippen LogP contribution in [-0.2, 0) is 0 Å². The third-order valence-electron chi connectivity index (χ3n) is 2.38. The quantitative estimate of drug-likeness (QED) is 0.741. The number of aromatic hydroxyl groups is 2. The number of hydrogen-bond donors (Lipinski definition) is 3. The lowest BCUT2D eigenvalue weighted by Crippen LogP contribution is -2.30. The molecule has 1 aromatic rings. The molecule has 3 nitrogen and oxygen atoms in total. The molecule has 16 heavy (non-hydrogen) atoms. The van der Waals surface area contributed by atoms with Crippen LogP contribution in [0.2, 0.25) is 0 Å². The molecule has 0 aliphatic heterocycles. The van der Waals surface area contributed by atoms with Crippen LogP contribution in [0.1, 0.15) is 25.5 Å². The predicted molar refractivity (Wildman–Crippen MR) is 69.2 cm³/mol. The van der Waals surface area contributed by atoms with Crippen LogP contribution in [0, 0.1) is 0 Å². The maximum atomic E-state index is 9.39. The molecule has 4 heteroatoms. The van der Waals surface area contributed by atoms with E-state index in [2.05, 4.69) is 18.5 Å². The molecule has 0 aromatic heterocycles. The summed E-state index contributed by atoms with van der Waals surface area (Å²) in [4.78, 5) is 0. The van der Waals surface area contributed by atoms with Crippen LogP contribution in [0.15, 0.2) is 18.2 Å². The Kier molecular flexibility index (Phi) is 4.96. The summed E-state index contributed by atoms with van der Waals surface area (Å²) in [5.41, 5.74) is 0.894. The number of benzene rings is 1. The van der Waals surface area contributed by atoms with Crippen molar-refractivity contribution in [1.82, 2.24) is 5.32 Å². The molecule has 2 atom stereocenters. The van der Waals surface area contributed by atoms with Crippen molar-refractivity contribution in [2.45, 2.75) is 25.9 Å². The minimum absolute atomic E-state index is 0.0983. The molecule has 0 aliphatic carbocycles. The van der Waals surface area contributed by atoms with Crippen LogP contribution in [0.3, 0.4) is 0 Å². The zero-order chi connectivity index (χ0) is 12.1. The summed E-state index contributed by atoms with van der Waals surface area (Å²) in [5, 5.41) is 22.2. The van der Waals surface area contributed by atoms with Crippen molar-refractivity contribution in [3.05, 3.63) is 23.8 Å². The average molecular weight is 241 g/mol. The van der Waals surface area contributed by atoms with E-state index in [4.69, 9.17) is 0 Å². The summed E-state index contributed by atoms with van der Waals surface area (Å²) in [6.07, 6.45) is 2.07. The van der Waals surface area contributed by atoms with Crippen LogP contribution >= 0.6 is 11.8 Å². The first-order valence-corrected chi connectivity index (χ1v) is 6.70. The largest absolute Gasteiger partial charge is 0.508 e. The van der Waals surface area contributed by atoms with Gasteiger partial charge in [0.2, 0.25) is 0 Å². The topological polar surface area (TPSA) is 52.5 Å². The minimum Gasteiger partial charge on any atom is -0.508 e. The Morgan fingerprint density at radius 3 is 2.25 bits per heavy atom. The maximum Gasteiger partial charge on any atom is 0.119 e. The van der Waals surface area contributed by atoms with Gasteiger partial charge in [-0.15, -0.1) is 0 Å². The van der Waals surface area contributed by atoms with Gasteiger partial charge in [-0.25, -0.2) is 0 Å². The molecule has 0 radical (unpaired) electrons. The fraction of sp³-hybridized carbons (Fsp3) is 0.500. The Morgan fingerprint density at radius 2 is 1.75 bits per heavy atom. The van der Waals surface area contributed by atoms with Crippen molar-refractivity contribution in [3.8, 4) is 11.5 Å². The van der Waals surface area contributed by atoms with E-state index in [1.54, 1.807) is 23.9 Å². The van der Waals surface area contributed by atoms with Gasteiger partial charge in [-0.3, -0.25) is 0 Å². The standard InChI is InChI=1S/C12H19NO2S/c1-8(7-16-3)13-9(2)10-4-11(14)6-12(15)5-10/h4-6,8-9,13-15H,7H2,1-3H3. The SMILES string of the molecule is CSCC(C)NC(C)c1cc(O)cc(O)c1. The molecule has 0 saturated heterocycles. The fourth-order valence-electron chi connectivity index (χ4n) is 1.69. The lowest BCUT2D eigenvalue weighted by Gasteiger charge is -2.20. The lowest BCUT2D eigenvalue weighted by molar-refractivity contribution is 0.443. The first-order chi connectivity index (χ1) is 7.52. The van der Waals surface area contributed by atoms with Crippen molar-refractivity contribution < 1.29 is 10.2 Å². The number of thioether (sulfide) groups is 1. The molecule has 1 aromatic carbocycles. The smallest absolute Gasteiger partial charge is 0.119 e. The van der Waals surface area contributed by atoms with Crippen LogP contribution in [0.25, 0.3) is 0 Å². The summed E-state index contributed by atoms with van der Waals surface area (Å²) in [6, 6.07) is 5.18. The van der Waals surface area contributed by atoms with Gasteiger partial charge in [0.15, 0.2) is 0 Å². The highest BCUT2D eigenvalue weighted by molar-refractivity contribution is 7.98. The number of phenolic OH excluding ortho intramolecular Hbond substituents is 2. The molecule has 0 fully saturated rings. The van der Waals surface area contributed by atoms with Crippen LogP contribution in [0.4, 0.5) is 0 Å². The monoisotopic (exact) mass is 241 g/mol. The summed E-state index contributed by atoms with van der Waals surface area (Å²) < 4.78 is 0. The number of phenols is 2. The second kappa shape index (κ2) is 6.01. The predicted octanol–water partition coefficient (Wildman–Crippen LogP) is 2.50. The average Bonchev–Trinajstić information content (AvgIpc) is 2.16. The third kappa shape index (κ3) is 3.94. The van der Waals surface area contributed by atoms with Gasteiger partial charge in [-0.2, -0.15) is 11.8 Å². The van der Waals surface area contributed by atoms with Crippen molar-refractivity contribution in [2.24, 2.45) is 0 Å². The Balaban J connectivity index is 2.68. The van der Waals surface area contributed by atoms with E-state index in [-0.39, 0.29) is 17.5 Å². The lowest BCUT2D eigenvalue weighted by atomic mass is 10.1. The van der Waals surface area contributed by atoms with Gasteiger partial charge in [-0.1, -0.05) is 0 Å². The van der Waals surface area contributed by atoms with Gasteiger partial charge in [-0.05, 0) is 37.8 Å². The minimum atomic E-state index is 0.0983. The van der Waals surface area contributed by atoms with Crippen LogP contribution in [-0.4, -0.2) is 28.3 Å². The summed E-state index contributed by atoms with van der Waals surface area (Å²) >= 11 is 1.79. The summed E-state index contributed by atoms with van der Waals surface area (Å²) in [7, 11) is 0. The molecule has 1 rings (SSSR count). The Labute approximate surface area is 101 Å². The van der Waals surface area contributed by atoms with Crippen molar-refractivity contribution in [2.75, 3.05) is 12.0 Å². The number of hydrogen-bond acceptors (Lipinski definition) is 4. The van der Waals surface area contributed by atoms with Crippen LogP contribution < -0.4 is 5.32 Å². The Bertz CT molecular complexity index is 324. The zero-order valence-corrected chi connectivity index (χ0v) is 10.7. The number of nitrogens with one attached hydrogen (secondary N) is 1. The van der Waals surface area contributed by atoms with Crippen molar-refractivity contribution >= 4 is 11.8 Å². The zero-order valence-electron chi connectivity index (χ0n) is 9.90. The summed E-state index contributed by atoms with van der Waals surface area (Å²) in [5.74, 6) is 1.23. The number of rotatable bonds is 5. The first kappa shape index (κ1) is 13.2. The first-order valence-electron chi connectivity index (χ1n) is 5.31. The van der Waals surface area contributed by atoms with Crippen molar-refractivity contribution in [1.29, 1.82) is 0 Å². The molecule has 0 heterocycles. The molecule has 0 aliphatic rings. The fourth-order valence-corrected chi connectivity index (χ4v) is 2.29. The molecular formula is C12H19NO2S. The molecule has 0 saturated carbocycles. The van der Waals surface area contributed by atoms with E-state index in [9.17, 15) is 10.2 Å². The molecule has 90 valence electrons. The highest BCUT2D eigenvalue weighted by atomic mass is 32.2. The van der Waals surface area contributed by atoms with Crippen molar-refractivity contribution in [3.63, 3.8) is 0 Å². The van der Waals surface area contributed by atoms with E-state index in [1.165, 1.54) is 6.07 Å². The second-order valence-electron chi connectivity index (χ2n) is 4.03. The highest BCUT2D eigenvalue weighted by Crippen LogP contribution is 2.25. The second-order valence-corrected chi connectivity index (χ2v) is 4.94. The van der Waals surface area contributed by atoms with E-state index in [0.717, 1.165) is 11.3 Å². The maximum absolute atomic E-state index is 9.39. The van der Waals surface area contributed by atoms with Crippen LogP contribution in [0.5, 0.6) is 11.5 Å². The molecule has 3 N–H and O–H groups in total. The highest BCUT2D eigenvalue weighted by Gasteiger charge is 2.10. The van der Waals surface area contributed by atoms with E-state index >= 15 is 0 Å². The van der Waals surface area contributed by atoms with Gasteiger partial charge in [0, 0.05) is 23.9 Å². The molecule has 0 bridgehead atoms. The van der Waals surface area contributed by atoms with Gasteiger partial charge in [0.05, 0.1) is 0 Å². The van der Waals surface area contributed by atoms with Gasteiger partial charge in [0.25, 0.3) is 0 Å². The third-order valence-corrected chi connectivity index (χ3v) is 3.21. The summed E-state index contributed by atoms with van der Waals surface area (Å²) in [6.45, 7) is 4.14. The normalized spacial score (nSPS) is 14.7. The van der Waals surface area contributed by atoms with Gasteiger partial charge < -0.3 is 15.5 Å². The Hall–Kier alpha value is -0.870. The Morgan fingerprint density at radius 1 is 1.19 bits per heavy atom. The van der Waals surface area contributed by atoms with E-state index < -0.39 is 0 Å². The van der Waals surface area contributed by atoms with E-state index in [1.807, 2.05) is 6.92 Å². The van der Waals surface area contributed by atoms with Gasteiger partial charge in [0.1, 0.15) is 11.5 Å². The van der Waals surface area contributed by atoms with E-state index in [0.29, 0.717) is 6.04 Å². The molecule has 2 unspecified atom stereocenters.